The lowest BCUT2D eigenvalue weighted by atomic mass is 10.1. The first-order valence-corrected chi connectivity index (χ1v) is 7.69. The first-order valence-electron chi connectivity index (χ1n) is 7.69. The highest BCUT2D eigenvalue weighted by Gasteiger charge is 2.21. The summed E-state index contributed by atoms with van der Waals surface area (Å²) in [5, 5.41) is 7.97. The minimum Gasteiger partial charge on any atom is -0.488 e. The molecule has 1 aromatic heterocycles. The number of nitrogens with one attached hydrogen (secondary N) is 1. The Kier molecular flexibility index (Phi) is 4.25. The molecule has 0 saturated carbocycles. The summed E-state index contributed by atoms with van der Waals surface area (Å²) in [6.07, 6.45) is 2.37. The third kappa shape index (κ3) is 3.45. The Morgan fingerprint density at radius 2 is 2.19 bits per heavy atom. The van der Waals surface area contributed by atoms with Crippen molar-refractivity contribution in [3.8, 4) is 5.75 Å². The Morgan fingerprint density at radius 1 is 1.33 bits per heavy atom. The number of nitrogens with zero attached hydrogens (tertiary/aromatic N) is 2. The predicted molar refractivity (Wildman–Crippen MR) is 83.7 cm³/mol. The van der Waals surface area contributed by atoms with Gasteiger partial charge in [-0.2, -0.15) is 5.10 Å². The van der Waals surface area contributed by atoms with Crippen LogP contribution in [0.15, 0.2) is 30.3 Å². The highest BCUT2D eigenvalue weighted by atomic mass is 16.5. The minimum absolute atomic E-state index is 0.274. The first kappa shape index (κ1) is 14.1. The van der Waals surface area contributed by atoms with E-state index in [0.29, 0.717) is 0 Å². The van der Waals surface area contributed by atoms with Crippen LogP contribution in [0.5, 0.6) is 5.75 Å². The van der Waals surface area contributed by atoms with Crippen LogP contribution in [-0.2, 0) is 13.0 Å². The molecule has 1 N–H and O–H groups in total. The Bertz CT molecular complexity index is 581. The monoisotopic (exact) mass is 285 g/mol. The van der Waals surface area contributed by atoms with Crippen molar-refractivity contribution < 1.29 is 4.74 Å². The summed E-state index contributed by atoms with van der Waals surface area (Å²) >= 11 is 0. The molecule has 21 heavy (non-hydrogen) atoms. The lowest BCUT2D eigenvalue weighted by molar-refractivity contribution is 0.227. The predicted octanol–water partition coefficient (Wildman–Crippen LogP) is 2.48. The highest BCUT2D eigenvalue weighted by molar-refractivity contribution is 5.37. The van der Waals surface area contributed by atoms with E-state index >= 15 is 0 Å². The van der Waals surface area contributed by atoms with E-state index in [-0.39, 0.29) is 6.10 Å². The molecule has 1 aliphatic heterocycles. The van der Waals surface area contributed by atoms with Crippen LogP contribution < -0.4 is 10.1 Å². The smallest absolute Gasteiger partial charge is 0.123 e. The summed E-state index contributed by atoms with van der Waals surface area (Å²) in [6, 6.07) is 10.4. The van der Waals surface area contributed by atoms with E-state index in [4.69, 9.17) is 4.74 Å². The SMILES string of the molecule is Cc1cc(C)n(CCCNCC2Cc3ccccc3O2)n1. The number of para-hydroxylation sites is 1. The average molecular weight is 285 g/mol. The van der Waals surface area contributed by atoms with E-state index in [1.165, 1.54) is 11.3 Å². The van der Waals surface area contributed by atoms with Crippen molar-refractivity contribution >= 4 is 0 Å². The zero-order valence-electron chi connectivity index (χ0n) is 12.8. The van der Waals surface area contributed by atoms with Crippen molar-refractivity contribution in [2.24, 2.45) is 0 Å². The van der Waals surface area contributed by atoms with Gasteiger partial charge < -0.3 is 10.1 Å². The van der Waals surface area contributed by atoms with Gasteiger partial charge in [0.1, 0.15) is 11.9 Å². The first-order chi connectivity index (χ1) is 10.2. The van der Waals surface area contributed by atoms with Crippen LogP contribution in [0, 0.1) is 13.8 Å². The van der Waals surface area contributed by atoms with Gasteiger partial charge in [0, 0.05) is 25.2 Å². The second-order valence-electron chi connectivity index (χ2n) is 5.76. The number of ether oxygens (including phenoxy) is 1. The molecule has 4 nitrogen and oxygen atoms in total. The van der Waals surface area contributed by atoms with Crippen LogP contribution in [0.1, 0.15) is 23.4 Å². The number of benzene rings is 1. The molecule has 0 fully saturated rings. The maximum absolute atomic E-state index is 5.91. The average Bonchev–Trinajstić information content (AvgIpc) is 3.01. The quantitative estimate of drug-likeness (QED) is 0.829. The zero-order valence-corrected chi connectivity index (χ0v) is 12.8. The second kappa shape index (κ2) is 6.31. The van der Waals surface area contributed by atoms with Crippen LogP contribution in [-0.4, -0.2) is 29.0 Å². The fourth-order valence-electron chi connectivity index (χ4n) is 2.89. The van der Waals surface area contributed by atoms with Gasteiger partial charge in [0.05, 0.1) is 5.69 Å². The van der Waals surface area contributed by atoms with Gasteiger partial charge in [0.2, 0.25) is 0 Å². The molecular weight excluding hydrogens is 262 g/mol. The number of hydrogen-bond donors (Lipinski definition) is 1. The number of aryl methyl sites for hydroxylation is 3. The summed E-state index contributed by atoms with van der Waals surface area (Å²) in [5.74, 6) is 1.05. The lowest BCUT2D eigenvalue weighted by Gasteiger charge is -2.12. The Hall–Kier alpha value is -1.81. The molecular formula is C17H23N3O. The van der Waals surface area contributed by atoms with Crippen LogP contribution in [0.3, 0.4) is 0 Å². The van der Waals surface area contributed by atoms with Gasteiger partial charge in [-0.05, 0) is 44.5 Å². The molecule has 3 rings (SSSR count). The summed E-state index contributed by atoms with van der Waals surface area (Å²) in [5.41, 5.74) is 3.66. The van der Waals surface area contributed by atoms with Crippen molar-refractivity contribution in [3.63, 3.8) is 0 Å². The van der Waals surface area contributed by atoms with Crippen LogP contribution in [0.25, 0.3) is 0 Å². The van der Waals surface area contributed by atoms with Gasteiger partial charge >= 0.3 is 0 Å². The molecule has 112 valence electrons. The van der Waals surface area contributed by atoms with Crippen LogP contribution in [0.4, 0.5) is 0 Å². The Labute approximate surface area is 126 Å². The maximum atomic E-state index is 5.91. The molecule has 0 radical (unpaired) electrons. The molecule has 0 bridgehead atoms. The van der Waals surface area contributed by atoms with Gasteiger partial charge in [-0.15, -0.1) is 0 Å². The molecule has 0 saturated heterocycles. The molecule has 0 amide bonds. The number of hydrogen-bond acceptors (Lipinski definition) is 3. The second-order valence-corrected chi connectivity index (χ2v) is 5.76. The fourth-order valence-corrected chi connectivity index (χ4v) is 2.89. The Morgan fingerprint density at radius 3 is 2.95 bits per heavy atom. The van der Waals surface area contributed by atoms with E-state index in [1.807, 2.05) is 13.0 Å². The van der Waals surface area contributed by atoms with E-state index in [9.17, 15) is 0 Å². The number of rotatable bonds is 6. The van der Waals surface area contributed by atoms with E-state index in [0.717, 1.165) is 43.9 Å². The zero-order chi connectivity index (χ0) is 14.7. The molecule has 1 unspecified atom stereocenters. The Balaban J connectivity index is 1.35. The minimum atomic E-state index is 0.274. The normalized spacial score (nSPS) is 16.8. The van der Waals surface area contributed by atoms with E-state index in [2.05, 4.69) is 46.3 Å². The molecule has 4 heteroatoms. The van der Waals surface area contributed by atoms with Crippen molar-refractivity contribution in [1.29, 1.82) is 0 Å². The summed E-state index contributed by atoms with van der Waals surface area (Å²) < 4.78 is 8.00. The topological polar surface area (TPSA) is 39.1 Å². The third-order valence-corrected chi connectivity index (χ3v) is 3.91. The van der Waals surface area contributed by atoms with Crippen molar-refractivity contribution in [3.05, 3.63) is 47.3 Å². The molecule has 1 aliphatic rings. The standard InChI is InChI=1S/C17H23N3O/c1-13-10-14(2)20(19-13)9-5-8-18-12-16-11-15-6-3-4-7-17(15)21-16/h3-4,6-7,10,16,18H,5,8-9,11-12H2,1-2H3. The van der Waals surface area contributed by atoms with Crippen molar-refractivity contribution in [2.75, 3.05) is 13.1 Å². The van der Waals surface area contributed by atoms with Gasteiger partial charge in [-0.25, -0.2) is 0 Å². The van der Waals surface area contributed by atoms with Crippen molar-refractivity contribution in [1.82, 2.24) is 15.1 Å². The molecule has 0 spiro atoms. The van der Waals surface area contributed by atoms with E-state index < -0.39 is 0 Å². The molecule has 1 atom stereocenters. The van der Waals surface area contributed by atoms with Gasteiger partial charge in [0.15, 0.2) is 0 Å². The van der Waals surface area contributed by atoms with Crippen LogP contribution >= 0.6 is 0 Å². The molecule has 2 heterocycles. The lowest BCUT2D eigenvalue weighted by Crippen LogP contribution is -2.31. The largest absolute Gasteiger partial charge is 0.488 e. The number of fused-ring (bicyclic) bond motifs is 1. The van der Waals surface area contributed by atoms with E-state index in [1.54, 1.807) is 0 Å². The molecule has 1 aromatic carbocycles. The molecule has 0 aliphatic carbocycles. The van der Waals surface area contributed by atoms with Crippen LogP contribution in [0.2, 0.25) is 0 Å². The van der Waals surface area contributed by atoms with Gasteiger partial charge in [-0.3, -0.25) is 4.68 Å². The highest BCUT2D eigenvalue weighted by Crippen LogP contribution is 2.27. The molecule has 2 aromatic rings. The maximum Gasteiger partial charge on any atom is 0.123 e. The summed E-state index contributed by atoms with van der Waals surface area (Å²) in [6.45, 7) is 7.02. The fraction of sp³-hybridized carbons (Fsp3) is 0.471. The third-order valence-electron chi connectivity index (χ3n) is 3.91. The summed E-state index contributed by atoms with van der Waals surface area (Å²) in [4.78, 5) is 0. The van der Waals surface area contributed by atoms with Crippen molar-refractivity contribution in [2.45, 2.75) is 39.3 Å². The van der Waals surface area contributed by atoms with Gasteiger partial charge in [-0.1, -0.05) is 18.2 Å². The number of aromatic nitrogens is 2. The summed E-state index contributed by atoms with van der Waals surface area (Å²) in [7, 11) is 0. The van der Waals surface area contributed by atoms with Gasteiger partial charge in [0.25, 0.3) is 0 Å².